The molecule has 1 aliphatic heterocycles. The van der Waals surface area contributed by atoms with E-state index in [0.29, 0.717) is 11.1 Å². The average Bonchev–Trinajstić information content (AvgIpc) is 3.61. The summed E-state index contributed by atoms with van der Waals surface area (Å²) < 4.78 is 25.0. The number of ether oxygens (including phenoxy) is 1. The number of benzene rings is 2. The number of methoxy groups -OCH3 is 1. The maximum Gasteiger partial charge on any atom is 0.295 e. The van der Waals surface area contributed by atoms with Gasteiger partial charge in [0.2, 0.25) is 5.82 Å². The predicted octanol–water partition coefficient (Wildman–Crippen LogP) is 3.14. The summed E-state index contributed by atoms with van der Waals surface area (Å²) in [6.45, 7) is 4.60. The fourth-order valence-corrected chi connectivity index (χ4v) is 4.24. The molecular weight excluding hydrogens is 481 g/mol. The minimum Gasteiger partial charge on any atom is -0.492 e. The maximum absolute atomic E-state index is 14.9. The number of nitrogens with one attached hydrogen (secondary N) is 1. The third kappa shape index (κ3) is 4.35. The van der Waals surface area contributed by atoms with Crippen LogP contribution in [0.3, 0.4) is 0 Å². The molecule has 1 N–H and O–H groups in total. The van der Waals surface area contributed by atoms with Crippen molar-refractivity contribution in [3.8, 4) is 11.4 Å². The molecule has 3 heterocycles. The number of H-pyrrole nitrogens is 1. The van der Waals surface area contributed by atoms with Crippen LogP contribution in [0.2, 0.25) is 0 Å². The lowest BCUT2D eigenvalue weighted by Crippen LogP contribution is -2.52. The van der Waals surface area contributed by atoms with Crippen molar-refractivity contribution in [3.63, 3.8) is 0 Å². The maximum atomic E-state index is 14.9. The van der Waals surface area contributed by atoms with Gasteiger partial charge in [-0.15, -0.1) is 0 Å². The molecule has 1 fully saturated rings. The molecule has 0 saturated carbocycles. The van der Waals surface area contributed by atoms with Crippen LogP contribution in [0.1, 0.15) is 26.6 Å². The molecule has 0 bridgehead atoms. The molecule has 1 saturated heterocycles. The number of amides is 2. The lowest BCUT2D eigenvalue weighted by atomic mass is 10.0. The van der Waals surface area contributed by atoms with Crippen molar-refractivity contribution in [1.82, 2.24) is 24.9 Å². The Balaban J connectivity index is 1.35. The van der Waals surface area contributed by atoms with E-state index >= 15 is 0 Å². The standard InChI is InChI=1S/C26H22FN5O5/c1-15(36-2)24-29-23(30-37-24)17-8-9-19(27)20-18(14-28-21(17)20)22(33)26(35)32-12-10-31(11-13-32)25(34)16-6-4-3-5-7-16/h3-9,14,28H,1,10-13H2,2H3. The third-order valence-electron chi connectivity index (χ3n) is 6.25. The second-order valence-electron chi connectivity index (χ2n) is 8.38. The Morgan fingerprint density at radius 3 is 2.46 bits per heavy atom. The molecule has 10 nitrogen and oxygen atoms in total. The van der Waals surface area contributed by atoms with Crippen LogP contribution >= 0.6 is 0 Å². The van der Waals surface area contributed by atoms with Crippen molar-refractivity contribution in [2.45, 2.75) is 0 Å². The number of carbonyl (C=O) groups excluding carboxylic acids is 3. The topological polar surface area (TPSA) is 122 Å². The van der Waals surface area contributed by atoms with Gasteiger partial charge in [0.05, 0.1) is 18.2 Å². The molecule has 0 aliphatic carbocycles. The highest BCUT2D eigenvalue weighted by molar-refractivity contribution is 6.45. The molecule has 0 spiro atoms. The molecule has 11 heteroatoms. The van der Waals surface area contributed by atoms with Crippen LogP contribution in [0.5, 0.6) is 0 Å². The molecule has 5 rings (SSSR count). The molecule has 2 amide bonds. The van der Waals surface area contributed by atoms with Gasteiger partial charge in [-0.2, -0.15) is 4.98 Å². The normalized spacial score (nSPS) is 13.6. The van der Waals surface area contributed by atoms with Gasteiger partial charge in [0.25, 0.3) is 23.5 Å². The van der Waals surface area contributed by atoms with E-state index in [-0.39, 0.29) is 66.0 Å². The minimum atomic E-state index is -0.855. The van der Waals surface area contributed by atoms with Crippen LogP contribution in [0, 0.1) is 5.82 Å². The SMILES string of the molecule is C=C(OC)c1nc(-c2ccc(F)c3c(C(=O)C(=O)N4CCN(C(=O)c5ccccc5)CC4)c[nH]c23)no1. The number of hydrogen-bond acceptors (Lipinski definition) is 7. The van der Waals surface area contributed by atoms with E-state index < -0.39 is 17.5 Å². The Bertz CT molecular complexity index is 1520. The number of nitrogens with zero attached hydrogens (tertiary/aromatic N) is 4. The monoisotopic (exact) mass is 503 g/mol. The number of piperazine rings is 1. The molecule has 0 unspecified atom stereocenters. The summed E-state index contributed by atoms with van der Waals surface area (Å²) in [5.41, 5.74) is 1.07. The molecular formula is C26H22FN5O5. The van der Waals surface area contributed by atoms with E-state index in [0.717, 1.165) is 0 Å². The first-order chi connectivity index (χ1) is 17.9. The predicted molar refractivity (Wildman–Crippen MR) is 131 cm³/mol. The highest BCUT2D eigenvalue weighted by Gasteiger charge is 2.31. The Labute approximate surface area is 210 Å². The first kappa shape index (κ1) is 23.9. The van der Waals surface area contributed by atoms with Crippen molar-refractivity contribution >= 4 is 34.3 Å². The van der Waals surface area contributed by atoms with Gasteiger partial charge in [0.1, 0.15) is 5.82 Å². The summed E-state index contributed by atoms with van der Waals surface area (Å²) in [4.78, 5) is 48.9. The van der Waals surface area contributed by atoms with Gasteiger partial charge in [-0.1, -0.05) is 29.9 Å². The Morgan fingerprint density at radius 2 is 1.76 bits per heavy atom. The van der Waals surface area contributed by atoms with Gasteiger partial charge in [-0.05, 0) is 24.3 Å². The van der Waals surface area contributed by atoms with Crippen LogP contribution in [-0.4, -0.2) is 75.8 Å². The lowest BCUT2D eigenvalue weighted by molar-refractivity contribution is -0.127. The molecule has 37 heavy (non-hydrogen) atoms. The van der Waals surface area contributed by atoms with Gasteiger partial charge in [-0.25, -0.2) is 4.39 Å². The smallest absolute Gasteiger partial charge is 0.295 e. The molecule has 2 aromatic heterocycles. The fourth-order valence-electron chi connectivity index (χ4n) is 4.24. The fraction of sp³-hybridized carbons (Fsp3) is 0.192. The molecule has 0 atom stereocenters. The minimum absolute atomic E-state index is 0.0503. The molecule has 2 aromatic carbocycles. The van der Waals surface area contributed by atoms with E-state index in [1.807, 2.05) is 6.07 Å². The van der Waals surface area contributed by atoms with Gasteiger partial charge in [-0.3, -0.25) is 14.4 Å². The lowest BCUT2D eigenvalue weighted by Gasteiger charge is -2.34. The molecule has 4 aromatic rings. The summed E-state index contributed by atoms with van der Waals surface area (Å²) in [6.07, 6.45) is 1.29. The van der Waals surface area contributed by atoms with Crippen molar-refractivity contribution in [3.05, 3.63) is 78.1 Å². The number of rotatable bonds is 6. The number of fused-ring (bicyclic) bond motifs is 1. The zero-order chi connectivity index (χ0) is 26.1. The number of ketones is 1. The van der Waals surface area contributed by atoms with Crippen LogP contribution < -0.4 is 0 Å². The second-order valence-corrected chi connectivity index (χ2v) is 8.38. The van der Waals surface area contributed by atoms with E-state index in [9.17, 15) is 18.8 Å². The summed E-state index contributed by atoms with van der Waals surface area (Å²) in [7, 11) is 1.41. The zero-order valence-electron chi connectivity index (χ0n) is 19.9. The molecule has 0 radical (unpaired) electrons. The Kier molecular flexibility index (Phi) is 6.26. The number of carbonyl (C=O) groups is 3. The molecule has 1 aliphatic rings. The Hall–Kier alpha value is -4.80. The number of halogens is 1. The summed E-state index contributed by atoms with van der Waals surface area (Å²) >= 11 is 0. The van der Waals surface area contributed by atoms with Crippen molar-refractivity contribution in [1.29, 1.82) is 0 Å². The van der Waals surface area contributed by atoms with Crippen LogP contribution in [-0.2, 0) is 9.53 Å². The first-order valence-electron chi connectivity index (χ1n) is 11.4. The van der Waals surface area contributed by atoms with Gasteiger partial charge in [0.15, 0.2) is 5.76 Å². The average molecular weight is 503 g/mol. The highest BCUT2D eigenvalue weighted by atomic mass is 19.1. The van der Waals surface area contributed by atoms with Crippen molar-refractivity contribution in [2.75, 3.05) is 33.3 Å². The van der Waals surface area contributed by atoms with Gasteiger partial charge < -0.3 is 24.0 Å². The van der Waals surface area contributed by atoms with Gasteiger partial charge >= 0.3 is 0 Å². The third-order valence-corrected chi connectivity index (χ3v) is 6.25. The first-order valence-corrected chi connectivity index (χ1v) is 11.4. The van der Waals surface area contributed by atoms with E-state index in [4.69, 9.17) is 9.26 Å². The van der Waals surface area contributed by atoms with E-state index in [1.165, 1.54) is 30.3 Å². The van der Waals surface area contributed by atoms with Crippen LogP contribution in [0.25, 0.3) is 28.0 Å². The highest BCUT2D eigenvalue weighted by Crippen LogP contribution is 2.31. The largest absolute Gasteiger partial charge is 0.492 e. The van der Waals surface area contributed by atoms with Gasteiger partial charge in [0, 0.05) is 48.9 Å². The zero-order valence-corrected chi connectivity index (χ0v) is 19.9. The number of aromatic amines is 1. The summed E-state index contributed by atoms with van der Waals surface area (Å²) in [5.74, 6) is -2.09. The number of hydrogen-bond donors (Lipinski definition) is 1. The van der Waals surface area contributed by atoms with Crippen molar-refractivity contribution in [2.24, 2.45) is 0 Å². The van der Waals surface area contributed by atoms with E-state index in [1.54, 1.807) is 29.2 Å². The summed E-state index contributed by atoms with van der Waals surface area (Å²) in [6, 6.07) is 11.5. The Morgan fingerprint density at radius 1 is 1.05 bits per heavy atom. The van der Waals surface area contributed by atoms with E-state index in [2.05, 4.69) is 21.7 Å². The second kappa shape index (κ2) is 9.69. The quantitative estimate of drug-likeness (QED) is 0.244. The summed E-state index contributed by atoms with van der Waals surface area (Å²) in [5, 5.41) is 3.83. The van der Waals surface area contributed by atoms with Crippen LogP contribution in [0.15, 0.2) is 59.8 Å². The molecule has 188 valence electrons. The van der Waals surface area contributed by atoms with Crippen LogP contribution in [0.4, 0.5) is 4.39 Å². The number of aromatic nitrogens is 3. The van der Waals surface area contributed by atoms with Crippen molar-refractivity contribution < 1.29 is 28.0 Å². The number of Topliss-reactive ketones (excluding diaryl/α,β-unsaturated/α-hetero) is 1.